The zero-order chi connectivity index (χ0) is 12.4. The highest BCUT2D eigenvalue weighted by Crippen LogP contribution is 2.34. The van der Waals surface area contributed by atoms with Crippen LogP contribution < -0.4 is 0 Å². The number of hydrogen-bond acceptors (Lipinski definition) is 3. The summed E-state index contributed by atoms with van der Waals surface area (Å²) in [5.74, 6) is 1.18. The van der Waals surface area contributed by atoms with Crippen molar-refractivity contribution >= 4 is 5.91 Å². The van der Waals surface area contributed by atoms with Gasteiger partial charge >= 0.3 is 0 Å². The molecule has 0 N–H and O–H groups in total. The molecule has 3 rings (SSSR count). The van der Waals surface area contributed by atoms with Gasteiger partial charge < -0.3 is 4.74 Å². The lowest BCUT2D eigenvalue weighted by Crippen LogP contribution is -2.54. The van der Waals surface area contributed by atoms with Crippen molar-refractivity contribution in [3.63, 3.8) is 0 Å². The molecule has 0 spiro atoms. The summed E-state index contributed by atoms with van der Waals surface area (Å²) in [6.45, 7) is 1.54. The highest BCUT2D eigenvalue weighted by molar-refractivity contribution is 5.83. The van der Waals surface area contributed by atoms with Crippen LogP contribution in [-0.2, 0) is 14.4 Å². The molecular formula is C14H23NO3. The predicted molar refractivity (Wildman–Crippen MR) is 66.5 cm³/mol. The molecule has 2 aliphatic heterocycles. The number of hydroxylamine groups is 2. The zero-order valence-corrected chi connectivity index (χ0v) is 11.0. The largest absolute Gasteiger partial charge is 0.350 e. The van der Waals surface area contributed by atoms with Crippen LogP contribution in [0.1, 0.15) is 51.4 Å². The molecule has 2 unspecified atom stereocenters. The van der Waals surface area contributed by atoms with Crippen LogP contribution in [0.5, 0.6) is 0 Å². The van der Waals surface area contributed by atoms with Gasteiger partial charge in [-0.15, -0.1) is 0 Å². The summed E-state index contributed by atoms with van der Waals surface area (Å²) < 4.78 is 5.49. The van der Waals surface area contributed by atoms with Gasteiger partial charge in [0.2, 0.25) is 0 Å². The normalized spacial score (nSPS) is 33.8. The van der Waals surface area contributed by atoms with Gasteiger partial charge in [0.15, 0.2) is 6.29 Å². The number of ether oxygens (including phenoxy) is 1. The molecule has 0 radical (unpaired) electrons. The smallest absolute Gasteiger partial charge is 0.251 e. The van der Waals surface area contributed by atoms with Crippen LogP contribution in [0.15, 0.2) is 0 Å². The Morgan fingerprint density at radius 3 is 2.61 bits per heavy atom. The molecule has 1 amide bonds. The molecule has 0 aromatic heterocycles. The Balaban J connectivity index is 1.40. The van der Waals surface area contributed by atoms with E-state index in [1.807, 2.05) is 0 Å². The summed E-state index contributed by atoms with van der Waals surface area (Å²) in [5.41, 5.74) is 0. The van der Waals surface area contributed by atoms with E-state index in [0.717, 1.165) is 44.8 Å². The maximum absolute atomic E-state index is 12.0. The van der Waals surface area contributed by atoms with E-state index in [2.05, 4.69) is 0 Å². The van der Waals surface area contributed by atoms with Crippen molar-refractivity contribution in [1.82, 2.24) is 5.06 Å². The van der Waals surface area contributed by atoms with E-state index in [4.69, 9.17) is 9.57 Å². The lowest BCUT2D eigenvalue weighted by atomic mass is 9.88. The van der Waals surface area contributed by atoms with Gasteiger partial charge in [0.25, 0.3) is 5.91 Å². The van der Waals surface area contributed by atoms with Gasteiger partial charge in [-0.2, -0.15) is 0 Å². The molecule has 4 heteroatoms. The monoisotopic (exact) mass is 253 g/mol. The second kappa shape index (κ2) is 5.57. The second-order valence-corrected chi connectivity index (χ2v) is 5.88. The van der Waals surface area contributed by atoms with Crippen LogP contribution in [0, 0.1) is 11.8 Å². The number of carbonyl (C=O) groups is 1. The third kappa shape index (κ3) is 2.69. The zero-order valence-electron chi connectivity index (χ0n) is 11.0. The predicted octanol–water partition coefficient (Wildman–Crippen LogP) is 2.48. The molecule has 102 valence electrons. The molecule has 2 heterocycles. The lowest BCUT2D eigenvalue weighted by Gasteiger charge is -2.40. The lowest BCUT2D eigenvalue weighted by molar-refractivity contribution is -0.301. The fourth-order valence-electron chi connectivity index (χ4n) is 3.31. The van der Waals surface area contributed by atoms with Crippen molar-refractivity contribution in [2.24, 2.45) is 11.8 Å². The van der Waals surface area contributed by atoms with E-state index >= 15 is 0 Å². The minimum Gasteiger partial charge on any atom is -0.350 e. The van der Waals surface area contributed by atoms with Gasteiger partial charge in [-0.1, -0.05) is 25.7 Å². The number of β-lactam (4-membered cyclic amide) rings is 1. The summed E-state index contributed by atoms with van der Waals surface area (Å²) in [4.78, 5) is 17.6. The average molecular weight is 253 g/mol. The van der Waals surface area contributed by atoms with Crippen molar-refractivity contribution < 1.29 is 14.4 Å². The Morgan fingerprint density at radius 2 is 1.94 bits per heavy atom. The van der Waals surface area contributed by atoms with Gasteiger partial charge in [0.05, 0.1) is 12.5 Å². The Bertz CT molecular complexity index is 295. The van der Waals surface area contributed by atoms with Crippen molar-refractivity contribution in [2.75, 3.05) is 13.2 Å². The van der Waals surface area contributed by atoms with E-state index in [1.165, 1.54) is 30.7 Å². The fraction of sp³-hybridized carbons (Fsp3) is 0.929. The van der Waals surface area contributed by atoms with Crippen LogP contribution in [0.2, 0.25) is 0 Å². The summed E-state index contributed by atoms with van der Waals surface area (Å²) in [5, 5.41) is 1.52. The number of hydrogen-bond donors (Lipinski definition) is 0. The van der Waals surface area contributed by atoms with E-state index < -0.39 is 0 Å². The highest BCUT2D eigenvalue weighted by atomic mass is 16.8. The van der Waals surface area contributed by atoms with Gasteiger partial charge in [-0.05, 0) is 25.2 Å². The first kappa shape index (κ1) is 12.4. The van der Waals surface area contributed by atoms with Gasteiger partial charge in [0.1, 0.15) is 0 Å². The molecule has 3 fully saturated rings. The van der Waals surface area contributed by atoms with Crippen LogP contribution >= 0.6 is 0 Å². The first-order chi connectivity index (χ1) is 8.83. The van der Waals surface area contributed by atoms with Crippen molar-refractivity contribution in [3.8, 4) is 0 Å². The molecule has 2 saturated heterocycles. The Morgan fingerprint density at radius 1 is 1.17 bits per heavy atom. The van der Waals surface area contributed by atoms with Crippen molar-refractivity contribution in [1.29, 1.82) is 0 Å². The Hall–Kier alpha value is -0.610. The van der Waals surface area contributed by atoms with E-state index in [-0.39, 0.29) is 18.1 Å². The van der Waals surface area contributed by atoms with Crippen LogP contribution in [0.25, 0.3) is 0 Å². The second-order valence-electron chi connectivity index (χ2n) is 5.88. The minimum atomic E-state index is -0.185. The quantitative estimate of drug-likeness (QED) is 0.722. The first-order valence-corrected chi connectivity index (χ1v) is 7.42. The summed E-state index contributed by atoms with van der Waals surface area (Å²) in [6, 6.07) is 0. The first-order valence-electron chi connectivity index (χ1n) is 7.42. The number of amides is 1. The summed E-state index contributed by atoms with van der Waals surface area (Å²) in [7, 11) is 0. The fourth-order valence-corrected chi connectivity index (χ4v) is 3.31. The molecule has 18 heavy (non-hydrogen) atoms. The third-order valence-corrected chi connectivity index (χ3v) is 4.46. The standard InChI is InChI=1S/C14H23NO3/c16-14-12(9-11-5-1-2-6-11)10-15(14)18-13-7-3-4-8-17-13/h11-13H,1-10H2. The van der Waals surface area contributed by atoms with E-state index in [1.54, 1.807) is 0 Å². The average Bonchev–Trinajstić information content (AvgIpc) is 2.91. The topological polar surface area (TPSA) is 38.8 Å². The van der Waals surface area contributed by atoms with Crippen molar-refractivity contribution in [3.05, 3.63) is 0 Å². The van der Waals surface area contributed by atoms with Gasteiger partial charge in [0, 0.05) is 13.0 Å². The third-order valence-electron chi connectivity index (χ3n) is 4.46. The minimum absolute atomic E-state index is 0.177. The van der Waals surface area contributed by atoms with E-state index in [9.17, 15) is 4.79 Å². The Labute approximate surface area is 109 Å². The maximum Gasteiger partial charge on any atom is 0.251 e. The molecule has 1 saturated carbocycles. The Kier molecular flexibility index (Phi) is 3.85. The number of carbonyl (C=O) groups excluding carboxylic acids is 1. The number of nitrogens with zero attached hydrogens (tertiary/aromatic N) is 1. The van der Waals surface area contributed by atoms with Crippen molar-refractivity contribution in [2.45, 2.75) is 57.7 Å². The molecule has 0 aromatic carbocycles. The molecule has 1 aliphatic carbocycles. The molecule has 2 atom stereocenters. The van der Waals surface area contributed by atoms with Gasteiger partial charge in [-0.25, -0.2) is 9.90 Å². The highest BCUT2D eigenvalue weighted by Gasteiger charge is 2.40. The van der Waals surface area contributed by atoms with E-state index in [0.29, 0.717) is 0 Å². The molecule has 4 nitrogen and oxygen atoms in total. The molecular weight excluding hydrogens is 230 g/mol. The number of rotatable bonds is 4. The van der Waals surface area contributed by atoms with Crippen LogP contribution in [0.4, 0.5) is 0 Å². The molecule has 0 aromatic rings. The maximum atomic E-state index is 12.0. The van der Waals surface area contributed by atoms with Crippen LogP contribution in [-0.4, -0.2) is 30.4 Å². The van der Waals surface area contributed by atoms with Gasteiger partial charge in [-0.3, -0.25) is 4.79 Å². The van der Waals surface area contributed by atoms with Crippen LogP contribution in [0.3, 0.4) is 0 Å². The molecule has 3 aliphatic rings. The summed E-state index contributed by atoms with van der Waals surface area (Å²) >= 11 is 0. The summed E-state index contributed by atoms with van der Waals surface area (Å²) in [6.07, 6.45) is 9.38. The SMILES string of the molecule is O=C1C(CC2CCCC2)CN1OC1CCCCO1. The molecule has 0 bridgehead atoms.